The van der Waals surface area contributed by atoms with Crippen molar-refractivity contribution in [3.63, 3.8) is 0 Å². The fourth-order valence-electron chi connectivity index (χ4n) is 5.82. The van der Waals surface area contributed by atoms with Crippen molar-refractivity contribution in [1.82, 2.24) is 5.32 Å². The van der Waals surface area contributed by atoms with Crippen molar-refractivity contribution in [2.45, 2.75) is 65.9 Å². The second kappa shape index (κ2) is 9.08. The zero-order chi connectivity index (χ0) is 25.8. The van der Waals surface area contributed by atoms with E-state index in [0.717, 1.165) is 35.4 Å². The van der Waals surface area contributed by atoms with Gasteiger partial charge in [-0.15, -0.1) is 0 Å². The Morgan fingerprint density at radius 1 is 0.861 bits per heavy atom. The van der Waals surface area contributed by atoms with Gasteiger partial charge in [0.05, 0.1) is 5.02 Å². The first-order valence-electron chi connectivity index (χ1n) is 12.4. The molecule has 0 unspecified atom stereocenters. The van der Waals surface area contributed by atoms with Gasteiger partial charge in [0.2, 0.25) is 0 Å². The molecule has 1 aliphatic heterocycles. The second-order valence-electron chi connectivity index (χ2n) is 11.8. The Labute approximate surface area is 222 Å². The molecule has 1 N–H and O–H groups in total. The highest BCUT2D eigenvalue weighted by atomic mass is 35.5. The molecule has 0 saturated heterocycles. The molecule has 2 aromatic carbocycles. The molecule has 6 heteroatoms. The predicted molar refractivity (Wildman–Crippen MR) is 143 cm³/mol. The number of benzene rings is 2. The molecule has 2 aliphatic carbocycles. The minimum atomic E-state index is -0.414. The number of hydrogen-bond donors (Lipinski definition) is 1. The molecule has 2 aromatic rings. The summed E-state index contributed by atoms with van der Waals surface area (Å²) in [6.07, 6.45) is 2.46. The summed E-state index contributed by atoms with van der Waals surface area (Å²) in [5.74, 6) is 0.327. The van der Waals surface area contributed by atoms with Crippen molar-refractivity contribution in [2.75, 3.05) is 0 Å². The Hall–Kier alpha value is -2.56. The van der Waals surface area contributed by atoms with Gasteiger partial charge in [0.15, 0.2) is 11.6 Å². The highest BCUT2D eigenvalue weighted by molar-refractivity contribution is 6.32. The molecular weight excluding hydrogens is 493 g/mol. The predicted octanol–water partition coefficient (Wildman–Crippen LogP) is 7.55. The lowest BCUT2D eigenvalue weighted by molar-refractivity contribution is -0.119. The molecule has 3 aliphatic rings. The monoisotopic (exact) mass is 523 g/mol. The van der Waals surface area contributed by atoms with Gasteiger partial charge in [0, 0.05) is 46.3 Å². The van der Waals surface area contributed by atoms with Crippen molar-refractivity contribution in [2.24, 2.45) is 10.8 Å². The van der Waals surface area contributed by atoms with E-state index in [0.29, 0.717) is 46.4 Å². The number of carbonyl (C=O) groups is 2. The van der Waals surface area contributed by atoms with Gasteiger partial charge in [0.25, 0.3) is 0 Å². The Morgan fingerprint density at radius 2 is 1.47 bits per heavy atom. The van der Waals surface area contributed by atoms with Gasteiger partial charge in [0.1, 0.15) is 12.4 Å². The van der Waals surface area contributed by atoms with Crippen molar-refractivity contribution in [1.29, 1.82) is 0 Å². The summed E-state index contributed by atoms with van der Waals surface area (Å²) in [6.45, 7) is 8.81. The lowest BCUT2D eigenvalue weighted by atomic mass is 9.64. The number of carbonyl (C=O) groups excluding carboxylic acids is 2. The van der Waals surface area contributed by atoms with Gasteiger partial charge in [-0.1, -0.05) is 69.1 Å². The summed E-state index contributed by atoms with van der Waals surface area (Å²) < 4.78 is 5.97. The number of allylic oxidation sites excluding steroid dienone is 4. The van der Waals surface area contributed by atoms with Crippen molar-refractivity contribution in [3.8, 4) is 5.75 Å². The third kappa shape index (κ3) is 4.86. The average molecular weight is 524 g/mol. The molecule has 0 radical (unpaired) electrons. The number of nitrogens with one attached hydrogen (secondary N) is 1. The van der Waals surface area contributed by atoms with E-state index in [-0.39, 0.29) is 22.4 Å². The van der Waals surface area contributed by atoms with Crippen molar-refractivity contribution in [3.05, 3.63) is 86.2 Å². The molecule has 0 atom stereocenters. The van der Waals surface area contributed by atoms with Crippen molar-refractivity contribution >= 4 is 34.8 Å². The molecule has 0 saturated carbocycles. The van der Waals surface area contributed by atoms with Gasteiger partial charge < -0.3 is 10.1 Å². The van der Waals surface area contributed by atoms with Crippen LogP contribution in [0.1, 0.15) is 70.4 Å². The fraction of sp³-hybridized carbons (Fsp3) is 0.400. The number of ketones is 2. The van der Waals surface area contributed by atoms with Gasteiger partial charge in [-0.05, 0) is 59.1 Å². The molecule has 5 rings (SSSR count). The minimum Gasteiger partial charge on any atom is -0.487 e. The highest BCUT2D eigenvalue weighted by Crippen LogP contribution is 2.51. The first kappa shape index (κ1) is 25.1. The second-order valence-corrected chi connectivity index (χ2v) is 12.7. The van der Waals surface area contributed by atoms with Crippen LogP contribution in [0.4, 0.5) is 0 Å². The summed E-state index contributed by atoms with van der Waals surface area (Å²) in [7, 11) is 0. The average Bonchev–Trinajstić information content (AvgIpc) is 2.75. The fourth-order valence-corrected chi connectivity index (χ4v) is 6.28. The summed E-state index contributed by atoms with van der Waals surface area (Å²) in [6, 6.07) is 13.1. The van der Waals surface area contributed by atoms with Gasteiger partial charge in [-0.25, -0.2) is 0 Å². The van der Waals surface area contributed by atoms with Crippen LogP contribution in [0.15, 0.2) is 65.0 Å². The van der Waals surface area contributed by atoms with Crippen LogP contribution in [0.3, 0.4) is 0 Å². The van der Waals surface area contributed by atoms with E-state index in [1.54, 1.807) is 0 Å². The zero-order valence-electron chi connectivity index (χ0n) is 21.1. The van der Waals surface area contributed by atoms with Crippen molar-refractivity contribution < 1.29 is 14.3 Å². The molecular formula is C30H31Cl2NO3. The number of dihydropyridines is 1. The van der Waals surface area contributed by atoms with E-state index in [9.17, 15) is 9.59 Å². The van der Waals surface area contributed by atoms with Crippen LogP contribution in [0.2, 0.25) is 10.0 Å². The molecule has 0 aromatic heterocycles. The van der Waals surface area contributed by atoms with E-state index in [1.165, 1.54) is 0 Å². The molecule has 4 nitrogen and oxygen atoms in total. The van der Waals surface area contributed by atoms with Gasteiger partial charge in [-0.3, -0.25) is 9.59 Å². The Morgan fingerprint density at radius 3 is 2.03 bits per heavy atom. The quantitative estimate of drug-likeness (QED) is 0.449. The largest absolute Gasteiger partial charge is 0.487 e. The molecule has 0 fully saturated rings. The molecule has 0 spiro atoms. The Kier molecular flexibility index (Phi) is 6.33. The van der Waals surface area contributed by atoms with Crippen LogP contribution in [-0.2, 0) is 16.2 Å². The Bertz CT molecular complexity index is 1280. The van der Waals surface area contributed by atoms with E-state index in [1.807, 2.05) is 42.5 Å². The summed E-state index contributed by atoms with van der Waals surface area (Å²) in [5, 5.41) is 4.65. The summed E-state index contributed by atoms with van der Waals surface area (Å²) in [4.78, 5) is 26.9. The molecule has 1 heterocycles. The SMILES string of the molecule is CC1(C)CC(=O)C2=C(C1)NC1=C(C(=O)CC(C)(C)C1)C2c1ccc(OCc2cccc(Cl)c2)c(Cl)c1. The zero-order valence-corrected chi connectivity index (χ0v) is 22.6. The first-order chi connectivity index (χ1) is 16.9. The Balaban J connectivity index is 1.53. The number of rotatable bonds is 4. The smallest absolute Gasteiger partial charge is 0.162 e. The standard InChI is InChI=1S/C30H31Cl2NO3/c1-29(2)12-21-27(23(34)14-29)26(28-22(33-21)13-30(3,4)15-24(28)35)18-8-9-25(20(32)11-18)36-16-17-6-5-7-19(31)10-17/h5-11,26,33H,12-16H2,1-4H3. The van der Waals surface area contributed by atoms with E-state index >= 15 is 0 Å². The van der Waals surface area contributed by atoms with Crippen LogP contribution in [0.25, 0.3) is 0 Å². The normalized spacial score (nSPS) is 21.2. The lowest BCUT2D eigenvalue weighted by Crippen LogP contribution is -2.42. The summed E-state index contributed by atoms with van der Waals surface area (Å²) >= 11 is 12.8. The van der Waals surface area contributed by atoms with E-state index in [4.69, 9.17) is 27.9 Å². The number of halogens is 2. The third-order valence-electron chi connectivity index (χ3n) is 7.29. The van der Waals surface area contributed by atoms with Crippen LogP contribution < -0.4 is 10.1 Å². The van der Waals surface area contributed by atoms with Crippen LogP contribution in [-0.4, -0.2) is 11.6 Å². The van der Waals surface area contributed by atoms with Gasteiger partial charge in [-0.2, -0.15) is 0 Å². The van der Waals surface area contributed by atoms with E-state index in [2.05, 4.69) is 33.0 Å². The molecule has 188 valence electrons. The summed E-state index contributed by atoms with van der Waals surface area (Å²) in [5.41, 5.74) is 4.85. The van der Waals surface area contributed by atoms with E-state index < -0.39 is 5.92 Å². The lowest BCUT2D eigenvalue weighted by Gasteiger charge is -2.44. The minimum absolute atomic E-state index is 0.0975. The third-order valence-corrected chi connectivity index (χ3v) is 7.82. The number of hydrogen-bond acceptors (Lipinski definition) is 4. The molecule has 36 heavy (non-hydrogen) atoms. The topological polar surface area (TPSA) is 55.4 Å². The maximum atomic E-state index is 13.5. The molecule has 0 amide bonds. The van der Waals surface area contributed by atoms with Gasteiger partial charge >= 0.3 is 0 Å². The maximum absolute atomic E-state index is 13.5. The van der Waals surface area contributed by atoms with Crippen LogP contribution in [0, 0.1) is 10.8 Å². The van der Waals surface area contributed by atoms with Crippen LogP contribution in [0.5, 0.6) is 5.75 Å². The number of ether oxygens (including phenoxy) is 1. The first-order valence-corrected chi connectivity index (χ1v) is 13.1. The maximum Gasteiger partial charge on any atom is 0.162 e. The molecule has 0 bridgehead atoms. The highest BCUT2D eigenvalue weighted by Gasteiger charge is 2.46. The van der Waals surface area contributed by atoms with Crippen LogP contribution >= 0.6 is 23.2 Å². The number of Topliss-reactive ketones (excluding diaryl/α,β-unsaturated/α-hetero) is 2.